The molecule has 1 aromatic heterocycles. The third kappa shape index (κ3) is 4.79. The zero-order valence-corrected chi connectivity index (χ0v) is 18.2. The van der Waals surface area contributed by atoms with Gasteiger partial charge in [0.05, 0.1) is 17.4 Å². The van der Waals surface area contributed by atoms with Crippen molar-refractivity contribution in [3.05, 3.63) is 39.9 Å². The van der Waals surface area contributed by atoms with E-state index >= 15 is 0 Å². The van der Waals surface area contributed by atoms with Gasteiger partial charge in [-0.25, -0.2) is 4.98 Å². The van der Waals surface area contributed by atoms with Crippen molar-refractivity contribution in [1.82, 2.24) is 24.7 Å². The van der Waals surface area contributed by atoms with Gasteiger partial charge in [0, 0.05) is 51.3 Å². The summed E-state index contributed by atoms with van der Waals surface area (Å²) >= 11 is 0. The highest BCUT2D eigenvalue weighted by atomic mass is 16.2. The minimum Gasteiger partial charge on any atom is -0.355 e. The molecule has 2 aromatic rings. The van der Waals surface area contributed by atoms with Crippen molar-refractivity contribution in [2.24, 2.45) is 0 Å². The lowest BCUT2D eigenvalue weighted by molar-refractivity contribution is -0.122. The summed E-state index contributed by atoms with van der Waals surface area (Å²) in [5.74, 6) is 0.804. The Morgan fingerprint density at radius 3 is 2.58 bits per heavy atom. The van der Waals surface area contributed by atoms with Crippen LogP contribution in [-0.4, -0.2) is 70.4 Å². The monoisotopic (exact) mass is 425 g/mol. The molecule has 0 radical (unpaired) electrons. The Morgan fingerprint density at radius 1 is 1.03 bits per heavy atom. The number of piperazine rings is 1. The lowest BCUT2D eigenvalue weighted by atomic mass is 10.1. The zero-order valence-electron chi connectivity index (χ0n) is 18.2. The second-order valence-corrected chi connectivity index (χ2v) is 8.40. The molecule has 2 amide bonds. The maximum absolute atomic E-state index is 13.1. The molecule has 0 spiro atoms. The van der Waals surface area contributed by atoms with E-state index < -0.39 is 0 Å². The van der Waals surface area contributed by atoms with Crippen LogP contribution in [0.3, 0.4) is 0 Å². The lowest BCUT2D eigenvalue weighted by Crippen LogP contribution is -2.51. The molecule has 0 unspecified atom stereocenters. The number of carbonyl (C=O) groups excluding carboxylic acids is 2. The van der Waals surface area contributed by atoms with Gasteiger partial charge in [-0.2, -0.15) is 0 Å². The summed E-state index contributed by atoms with van der Waals surface area (Å²) in [6.45, 7) is 6.11. The van der Waals surface area contributed by atoms with E-state index in [0.29, 0.717) is 55.7 Å². The van der Waals surface area contributed by atoms with E-state index in [1.807, 2.05) is 16.4 Å². The molecule has 8 nitrogen and oxygen atoms in total. The van der Waals surface area contributed by atoms with Crippen molar-refractivity contribution in [3.63, 3.8) is 0 Å². The highest BCUT2D eigenvalue weighted by molar-refractivity contribution is 5.97. The molecule has 4 rings (SSSR count). The van der Waals surface area contributed by atoms with Gasteiger partial charge in [-0.3, -0.25) is 23.9 Å². The van der Waals surface area contributed by atoms with Gasteiger partial charge in [-0.1, -0.05) is 12.8 Å². The van der Waals surface area contributed by atoms with Gasteiger partial charge >= 0.3 is 0 Å². The predicted octanol–water partition coefficient (Wildman–Crippen LogP) is 1.41. The molecule has 1 aromatic carbocycles. The van der Waals surface area contributed by atoms with E-state index in [9.17, 15) is 14.4 Å². The van der Waals surface area contributed by atoms with E-state index in [1.54, 1.807) is 18.2 Å². The standard InChI is InChI=1S/C23H31N5O3/c1-2-24-21(29)16-26-11-13-27(14-12-26)22(30)17-8-9-18-19(15-17)25-20-7-5-3-4-6-10-28(20)23(18)31/h8-9,15H,2-7,10-14,16H2,1H3,(H,24,29). The van der Waals surface area contributed by atoms with Gasteiger partial charge in [0.1, 0.15) is 5.82 Å². The molecule has 0 atom stereocenters. The predicted molar refractivity (Wildman–Crippen MR) is 119 cm³/mol. The van der Waals surface area contributed by atoms with Crippen molar-refractivity contribution in [3.8, 4) is 0 Å². The first-order valence-corrected chi connectivity index (χ1v) is 11.4. The number of likely N-dealkylation sites (N-methyl/N-ethyl adjacent to an activating group) is 1. The molecule has 8 heteroatoms. The molecule has 1 fully saturated rings. The fraction of sp³-hybridized carbons (Fsp3) is 0.565. The van der Waals surface area contributed by atoms with E-state index in [0.717, 1.165) is 38.1 Å². The number of hydrogen-bond donors (Lipinski definition) is 1. The van der Waals surface area contributed by atoms with Crippen LogP contribution in [0.4, 0.5) is 0 Å². The van der Waals surface area contributed by atoms with E-state index in [2.05, 4.69) is 10.2 Å². The van der Waals surface area contributed by atoms with E-state index in [1.165, 1.54) is 6.42 Å². The third-order valence-electron chi connectivity index (χ3n) is 6.21. The first-order valence-electron chi connectivity index (χ1n) is 11.4. The molecule has 0 aliphatic carbocycles. The van der Waals surface area contributed by atoms with E-state index in [4.69, 9.17) is 4.98 Å². The van der Waals surface area contributed by atoms with Crippen molar-refractivity contribution in [2.75, 3.05) is 39.3 Å². The molecular formula is C23H31N5O3. The average molecular weight is 426 g/mol. The lowest BCUT2D eigenvalue weighted by Gasteiger charge is -2.34. The van der Waals surface area contributed by atoms with Crippen LogP contribution < -0.4 is 10.9 Å². The zero-order chi connectivity index (χ0) is 21.8. The Hall–Kier alpha value is -2.74. The minimum absolute atomic E-state index is 0.000121. The van der Waals surface area contributed by atoms with Crippen LogP contribution >= 0.6 is 0 Å². The summed E-state index contributed by atoms with van der Waals surface area (Å²) in [5, 5.41) is 3.38. The van der Waals surface area contributed by atoms with Crippen molar-refractivity contribution in [1.29, 1.82) is 0 Å². The Kier molecular flexibility index (Phi) is 6.65. The molecule has 2 aliphatic heterocycles. The number of fused-ring (bicyclic) bond motifs is 2. The van der Waals surface area contributed by atoms with Crippen LogP contribution in [0, 0.1) is 0 Å². The van der Waals surface area contributed by atoms with E-state index in [-0.39, 0.29) is 17.4 Å². The van der Waals surface area contributed by atoms with Crippen LogP contribution in [0.25, 0.3) is 10.9 Å². The highest BCUT2D eigenvalue weighted by Crippen LogP contribution is 2.18. The molecule has 31 heavy (non-hydrogen) atoms. The van der Waals surface area contributed by atoms with Crippen molar-refractivity contribution in [2.45, 2.75) is 45.6 Å². The third-order valence-corrected chi connectivity index (χ3v) is 6.21. The summed E-state index contributed by atoms with van der Waals surface area (Å²) in [6.07, 6.45) is 5.16. The maximum Gasteiger partial charge on any atom is 0.261 e. The maximum atomic E-state index is 13.1. The molecule has 0 saturated carbocycles. The summed E-state index contributed by atoms with van der Waals surface area (Å²) in [5.41, 5.74) is 1.17. The number of amides is 2. The van der Waals surface area contributed by atoms with Crippen LogP contribution in [0.1, 0.15) is 48.8 Å². The van der Waals surface area contributed by atoms with Gasteiger partial charge in [0.2, 0.25) is 5.91 Å². The SMILES string of the molecule is CCNC(=O)CN1CCN(C(=O)c2ccc3c(=O)n4c(nc3c2)CCCCCC4)CC1. The number of aryl methyl sites for hydroxylation is 1. The highest BCUT2D eigenvalue weighted by Gasteiger charge is 2.24. The molecule has 166 valence electrons. The fourth-order valence-corrected chi connectivity index (χ4v) is 4.48. The molecule has 3 heterocycles. The molecular weight excluding hydrogens is 394 g/mol. The van der Waals surface area contributed by atoms with Crippen molar-refractivity contribution < 1.29 is 9.59 Å². The Morgan fingerprint density at radius 2 is 1.81 bits per heavy atom. The Bertz CT molecular complexity index is 1020. The summed E-state index contributed by atoms with van der Waals surface area (Å²) in [4.78, 5) is 46.5. The van der Waals surface area contributed by atoms with Gasteiger partial charge in [-0.05, 0) is 38.0 Å². The first-order chi connectivity index (χ1) is 15.1. The number of nitrogens with one attached hydrogen (secondary N) is 1. The van der Waals surface area contributed by atoms with Crippen LogP contribution in [0.2, 0.25) is 0 Å². The smallest absolute Gasteiger partial charge is 0.261 e. The van der Waals surface area contributed by atoms with Gasteiger partial charge < -0.3 is 10.2 Å². The van der Waals surface area contributed by atoms with Gasteiger partial charge in [0.25, 0.3) is 11.5 Å². The Balaban J connectivity index is 1.49. The normalized spacial score (nSPS) is 17.6. The number of rotatable bonds is 4. The first kappa shape index (κ1) is 21.5. The van der Waals surface area contributed by atoms with Crippen molar-refractivity contribution >= 4 is 22.7 Å². The number of nitrogens with zero attached hydrogens (tertiary/aromatic N) is 4. The Labute approximate surface area is 182 Å². The quantitative estimate of drug-likeness (QED) is 0.800. The van der Waals surface area contributed by atoms with Crippen LogP contribution in [0.5, 0.6) is 0 Å². The summed E-state index contributed by atoms with van der Waals surface area (Å²) < 4.78 is 1.82. The number of hydrogen-bond acceptors (Lipinski definition) is 5. The summed E-state index contributed by atoms with van der Waals surface area (Å²) in [6, 6.07) is 5.25. The second kappa shape index (κ2) is 9.60. The minimum atomic E-state index is -0.0480. The second-order valence-electron chi connectivity index (χ2n) is 8.40. The number of aromatic nitrogens is 2. The molecule has 0 bridgehead atoms. The largest absolute Gasteiger partial charge is 0.355 e. The molecule has 1 saturated heterocycles. The average Bonchev–Trinajstić information content (AvgIpc) is 2.75. The molecule has 2 aliphatic rings. The number of carbonyl (C=O) groups is 2. The van der Waals surface area contributed by atoms with Gasteiger partial charge in [0.15, 0.2) is 0 Å². The van der Waals surface area contributed by atoms with Gasteiger partial charge in [-0.15, -0.1) is 0 Å². The van der Waals surface area contributed by atoms with Crippen LogP contribution in [-0.2, 0) is 17.8 Å². The fourth-order valence-electron chi connectivity index (χ4n) is 4.48. The molecule has 1 N–H and O–H groups in total. The summed E-state index contributed by atoms with van der Waals surface area (Å²) in [7, 11) is 0. The number of benzene rings is 1. The van der Waals surface area contributed by atoms with Crippen LogP contribution in [0.15, 0.2) is 23.0 Å². The topological polar surface area (TPSA) is 87.5 Å².